The maximum Gasteiger partial charge on any atom is 0.312 e. The first-order valence-corrected chi connectivity index (χ1v) is 10.9. The number of hydrogen-bond donors (Lipinski definition) is 1. The average Bonchev–Trinajstić information content (AvgIpc) is 3.29. The SMILES string of the molecule is COC(=O)C1CN(C2CCCCC2)CCC1NC(=O)c1noc(-c2ccc(F)cc2F)n1. The number of benzene rings is 1. The standard InChI is InChI=1S/C22H26F2N4O4/c1-31-22(30)16-12-28(14-5-3-2-4-6-14)10-9-18(16)25-20(29)19-26-21(32-27-19)15-8-7-13(23)11-17(15)24/h7-8,11,14,16,18H,2-6,9-10,12H2,1H3,(H,25,29). The van der Waals surface area contributed by atoms with Gasteiger partial charge in [0.2, 0.25) is 0 Å². The molecule has 2 atom stereocenters. The molecule has 1 saturated carbocycles. The van der Waals surface area contributed by atoms with Crippen LogP contribution in [0.3, 0.4) is 0 Å². The molecule has 4 rings (SSSR count). The molecule has 2 aromatic rings. The van der Waals surface area contributed by atoms with Crippen LogP contribution in [0.15, 0.2) is 22.7 Å². The number of aromatic nitrogens is 2. The van der Waals surface area contributed by atoms with Crippen molar-refractivity contribution in [3.8, 4) is 11.5 Å². The average molecular weight is 448 g/mol. The third-order valence-corrected chi connectivity index (χ3v) is 6.35. The summed E-state index contributed by atoms with van der Waals surface area (Å²) in [7, 11) is 1.34. The van der Waals surface area contributed by atoms with Crippen LogP contribution in [0.1, 0.15) is 49.1 Å². The van der Waals surface area contributed by atoms with Crippen LogP contribution in [0.25, 0.3) is 11.5 Å². The summed E-state index contributed by atoms with van der Waals surface area (Å²) in [6.45, 7) is 1.28. The van der Waals surface area contributed by atoms with Gasteiger partial charge in [0.05, 0.1) is 18.6 Å². The zero-order valence-electron chi connectivity index (χ0n) is 17.9. The van der Waals surface area contributed by atoms with Crippen molar-refractivity contribution < 1.29 is 27.6 Å². The lowest BCUT2D eigenvalue weighted by Gasteiger charge is -2.42. The second-order valence-electron chi connectivity index (χ2n) is 8.33. The number of methoxy groups -OCH3 is 1. The van der Waals surface area contributed by atoms with E-state index in [9.17, 15) is 18.4 Å². The molecular formula is C22H26F2N4O4. The molecule has 2 heterocycles. The molecule has 2 fully saturated rings. The van der Waals surface area contributed by atoms with E-state index in [4.69, 9.17) is 9.26 Å². The van der Waals surface area contributed by atoms with Gasteiger partial charge in [-0.15, -0.1) is 0 Å². The van der Waals surface area contributed by atoms with E-state index < -0.39 is 29.5 Å². The Bertz CT molecular complexity index is 977. The van der Waals surface area contributed by atoms with Crippen LogP contribution < -0.4 is 5.32 Å². The molecule has 172 valence electrons. The zero-order valence-corrected chi connectivity index (χ0v) is 17.9. The van der Waals surface area contributed by atoms with Gasteiger partial charge in [-0.05, 0) is 31.4 Å². The lowest BCUT2D eigenvalue weighted by atomic mass is 9.87. The van der Waals surface area contributed by atoms with Gasteiger partial charge in [0, 0.05) is 31.2 Å². The number of esters is 1. The Morgan fingerprint density at radius 1 is 1.19 bits per heavy atom. The van der Waals surface area contributed by atoms with Gasteiger partial charge in [0.15, 0.2) is 0 Å². The van der Waals surface area contributed by atoms with Crippen molar-refractivity contribution in [1.29, 1.82) is 0 Å². The molecule has 1 saturated heterocycles. The number of likely N-dealkylation sites (tertiary alicyclic amines) is 1. The van der Waals surface area contributed by atoms with Crippen molar-refractivity contribution in [2.75, 3.05) is 20.2 Å². The summed E-state index contributed by atoms with van der Waals surface area (Å²) in [6, 6.07) is 2.93. The first-order chi connectivity index (χ1) is 15.5. The minimum absolute atomic E-state index is 0.105. The van der Waals surface area contributed by atoms with Crippen LogP contribution in [0.4, 0.5) is 8.78 Å². The van der Waals surface area contributed by atoms with E-state index in [1.807, 2.05) is 0 Å². The molecule has 2 aliphatic rings. The number of nitrogens with one attached hydrogen (secondary N) is 1. The number of carbonyl (C=O) groups is 2. The van der Waals surface area contributed by atoms with Crippen LogP contribution in [0.5, 0.6) is 0 Å². The molecule has 1 aromatic heterocycles. The maximum atomic E-state index is 14.0. The number of ether oxygens (including phenoxy) is 1. The van der Waals surface area contributed by atoms with Crippen molar-refractivity contribution in [2.45, 2.75) is 50.6 Å². The zero-order chi connectivity index (χ0) is 22.7. The van der Waals surface area contributed by atoms with Gasteiger partial charge >= 0.3 is 5.97 Å². The minimum atomic E-state index is -0.874. The summed E-state index contributed by atoms with van der Waals surface area (Å²) in [5, 5.41) is 6.42. The van der Waals surface area contributed by atoms with E-state index in [1.54, 1.807) is 0 Å². The molecule has 1 N–H and O–H groups in total. The fourth-order valence-corrected chi connectivity index (χ4v) is 4.64. The van der Waals surface area contributed by atoms with Crippen LogP contribution >= 0.6 is 0 Å². The summed E-state index contributed by atoms with van der Waals surface area (Å²) in [4.78, 5) is 31.4. The summed E-state index contributed by atoms with van der Waals surface area (Å²) in [5.74, 6) is -3.66. The molecule has 8 nitrogen and oxygen atoms in total. The normalized spacial score (nSPS) is 22.5. The Hall–Kier alpha value is -2.88. The molecule has 1 aromatic carbocycles. The fourth-order valence-electron chi connectivity index (χ4n) is 4.64. The van der Waals surface area contributed by atoms with Crippen molar-refractivity contribution in [3.05, 3.63) is 35.7 Å². The van der Waals surface area contributed by atoms with Gasteiger partial charge in [0.1, 0.15) is 11.6 Å². The molecule has 32 heavy (non-hydrogen) atoms. The first-order valence-electron chi connectivity index (χ1n) is 10.9. The van der Waals surface area contributed by atoms with Gasteiger partial charge in [0.25, 0.3) is 17.6 Å². The predicted octanol–water partition coefficient (Wildman–Crippen LogP) is 2.94. The Kier molecular flexibility index (Phi) is 6.78. The molecule has 1 aliphatic heterocycles. The van der Waals surface area contributed by atoms with Crippen LogP contribution in [0, 0.1) is 17.6 Å². The second-order valence-corrected chi connectivity index (χ2v) is 8.33. The highest BCUT2D eigenvalue weighted by atomic mass is 19.1. The third-order valence-electron chi connectivity index (χ3n) is 6.35. The van der Waals surface area contributed by atoms with Crippen molar-refractivity contribution in [1.82, 2.24) is 20.4 Å². The van der Waals surface area contributed by atoms with Crippen LogP contribution in [-0.2, 0) is 9.53 Å². The summed E-state index contributed by atoms with van der Waals surface area (Å²) in [5.41, 5.74) is -0.105. The summed E-state index contributed by atoms with van der Waals surface area (Å²) in [6.07, 6.45) is 6.46. The van der Waals surface area contributed by atoms with E-state index in [-0.39, 0.29) is 23.2 Å². The Balaban J connectivity index is 1.44. The number of carbonyl (C=O) groups excluding carboxylic acids is 2. The highest BCUT2D eigenvalue weighted by Gasteiger charge is 2.39. The molecule has 1 aliphatic carbocycles. The Morgan fingerprint density at radius 3 is 2.69 bits per heavy atom. The van der Waals surface area contributed by atoms with E-state index in [1.165, 1.54) is 26.4 Å². The van der Waals surface area contributed by atoms with Gasteiger partial charge in [-0.2, -0.15) is 4.98 Å². The number of hydrogen-bond acceptors (Lipinski definition) is 7. The second kappa shape index (κ2) is 9.72. The van der Waals surface area contributed by atoms with Crippen molar-refractivity contribution in [2.24, 2.45) is 5.92 Å². The number of rotatable bonds is 5. The fraction of sp³-hybridized carbons (Fsp3) is 0.545. The van der Waals surface area contributed by atoms with E-state index in [2.05, 4.69) is 20.4 Å². The van der Waals surface area contributed by atoms with E-state index in [0.29, 0.717) is 25.1 Å². The Labute approximate surface area is 184 Å². The largest absolute Gasteiger partial charge is 0.469 e. The molecule has 1 amide bonds. The van der Waals surface area contributed by atoms with Crippen molar-refractivity contribution >= 4 is 11.9 Å². The molecule has 2 unspecified atom stereocenters. The Morgan fingerprint density at radius 2 is 1.97 bits per heavy atom. The number of amides is 1. The van der Waals surface area contributed by atoms with Gasteiger partial charge < -0.3 is 14.6 Å². The summed E-state index contributed by atoms with van der Waals surface area (Å²) >= 11 is 0. The molecular weight excluding hydrogens is 422 g/mol. The maximum absolute atomic E-state index is 14.0. The lowest BCUT2D eigenvalue weighted by molar-refractivity contribution is -0.148. The molecule has 0 spiro atoms. The highest BCUT2D eigenvalue weighted by Crippen LogP contribution is 2.28. The monoisotopic (exact) mass is 448 g/mol. The number of piperidine rings is 1. The topological polar surface area (TPSA) is 97.6 Å². The number of halogens is 2. The molecule has 0 radical (unpaired) electrons. The van der Waals surface area contributed by atoms with Crippen LogP contribution in [-0.4, -0.2) is 59.2 Å². The molecule has 10 heteroatoms. The van der Waals surface area contributed by atoms with Gasteiger partial charge in [-0.1, -0.05) is 24.4 Å². The van der Waals surface area contributed by atoms with E-state index in [0.717, 1.165) is 31.5 Å². The lowest BCUT2D eigenvalue weighted by Crippen LogP contribution is -2.56. The van der Waals surface area contributed by atoms with Crippen LogP contribution in [0.2, 0.25) is 0 Å². The summed E-state index contributed by atoms with van der Waals surface area (Å²) < 4.78 is 37.1. The molecule has 0 bridgehead atoms. The minimum Gasteiger partial charge on any atom is -0.469 e. The first kappa shape index (κ1) is 22.3. The third kappa shape index (κ3) is 4.79. The number of nitrogens with zero attached hydrogens (tertiary/aromatic N) is 3. The van der Waals surface area contributed by atoms with E-state index >= 15 is 0 Å². The predicted molar refractivity (Wildman–Crippen MR) is 109 cm³/mol. The van der Waals surface area contributed by atoms with Crippen molar-refractivity contribution in [3.63, 3.8) is 0 Å². The quantitative estimate of drug-likeness (QED) is 0.703. The van der Waals surface area contributed by atoms with Gasteiger partial charge in [-0.3, -0.25) is 14.5 Å². The van der Waals surface area contributed by atoms with Gasteiger partial charge in [-0.25, -0.2) is 8.78 Å². The highest BCUT2D eigenvalue weighted by molar-refractivity contribution is 5.91. The smallest absolute Gasteiger partial charge is 0.312 e.